The minimum Gasteiger partial charge on any atom is -0.507 e. The van der Waals surface area contributed by atoms with E-state index in [0.717, 1.165) is 16.7 Å². The van der Waals surface area contributed by atoms with Crippen molar-refractivity contribution in [2.45, 2.75) is 12.5 Å². The van der Waals surface area contributed by atoms with Crippen molar-refractivity contribution >= 4 is 5.97 Å². The highest BCUT2D eigenvalue weighted by Gasteiger charge is 2.19. The van der Waals surface area contributed by atoms with Crippen LogP contribution >= 0.6 is 0 Å². The van der Waals surface area contributed by atoms with Crippen LogP contribution < -0.4 is 5.73 Å². The topological polar surface area (TPSA) is 83.5 Å². The molecule has 1 atom stereocenters. The van der Waals surface area contributed by atoms with Crippen molar-refractivity contribution < 1.29 is 15.0 Å². The van der Waals surface area contributed by atoms with Crippen molar-refractivity contribution in [3.63, 3.8) is 0 Å². The molecule has 0 spiro atoms. The van der Waals surface area contributed by atoms with E-state index in [2.05, 4.69) is 0 Å². The maximum absolute atomic E-state index is 11.1. The van der Waals surface area contributed by atoms with E-state index < -0.39 is 12.0 Å². The van der Waals surface area contributed by atoms with Crippen molar-refractivity contribution in [2.24, 2.45) is 5.73 Å². The molecule has 4 N–H and O–H groups in total. The number of phenols is 1. The second kappa shape index (κ2) is 7.20. The molecule has 126 valence electrons. The molecule has 0 bridgehead atoms. The molecule has 3 aromatic rings. The van der Waals surface area contributed by atoms with Crippen LogP contribution in [-0.4, -0.2) is 22.2 Å². The van der Waals surface area contributed by atoms with Crippen LogP contribution in [0, 0.1) is 0 Å². The number of aromatic hydroxyl groups is 1. The van der Waals surface area contributed by atoms with Crippen molar-refractivity contribution in [1.29, 1.82) is 0 Å². The minimum atomic E-state index is -1.06. The zero-order chi connectivity index (χ0) is 17.8. The fourth-order valence-corrected chi connectivity index (χ4v) is 2.96. The van der Waals surface area contributed by atoms with Gasteiger partial charge in [0.1, 0.15) is 11.8 Å². The fourth-order valence-electron chi connectivity index (χ4n) is 2.96. The lowest BCUT2D eigenvalue weighted by atomic mass is 9.89. The van der Waals surface area contributed by atoms with Crippen molar-refractivity contribution in [2.75, 3.05) is 0 Å². The average Bonchev–Trinajstić information content (AvgIpc) is 2.62. The Labute approximate surface area is 146 Å². The molecule has 0 aliphatic rings. The fraction of sp³-hybridized carbons (Fsp3) is 0.0952. The molecule has 0 fully saturated rings. The van der Waals surface area contributed by atoms with Crippen molar-refractivity contribution in [3.05, 3.63) is 78.4 Å². The van der Waals surface area contributed by atoms with Gasteiger partial charge in [0.25, 0.3) is 0 Å². The number of rotatable bonds is 5. The highest BCUT2D eigenvalue weighted by atomic mass is 16.4. The van der Waals surface area contributed by atoms with E-state index in [9.17, 15) is 9.90 Å². The predicted octanol–water partition coefficient (Wildman–Crippen LogP) is 3.68. The first kappa shape index (κ1) is 16.7. The number of nitrogens with two attached hydrogens (primary N) is 1. The summed E-state index contributed by atoms with van der Waals surface area (Å²) >= 11 is 0. The zero-order valence-corrected chi connectivity index (χ0v) is 13.6. The third-order valence-electron chi connectivity index (χ3n) is 4.17. The molecule has 0 aliphatic carbocycles. The van der Waals surface area contributed by atoms with Crippen LogP contribution in [0.4, 0.5) is 0 Å². The SMILES string of the molecule is NC(Cc1cccc(O)c1-c1ccccc1-c1ccccc1)C(=O)O. The number of hydrogen-bond acceptors (Lipinski definition) is 3. The molecule has 1 unspecified atom stereocenters. The summed E-state index contributed by atoms with van der Waals surface area (Å²) in [4.78, 5) is 11.1. The maximum Gasteiger partial charge on any atom is 0.320 e. The Bertz CT molecular complexity index is 891. The lowest BCUT2D eigenvalue weighted by molar-refractivity contribution is -0.138. The van der Waals surface area contributed by atoms with Gasteiger partial charge in [0.05, 0.1) is 0 Å². The van der Waals surface area contributed by atoms with Crippen LogP contribution in [0.2, 0.25) is 0 Å². The zero-order valence-electron chi connectivity index (χ0n) is 13.6. The van der Waals surface area contributed by atoms with Gasteiger partial charge in [0.2, 0.25) is 0 Å². The largest absolute Gasteiger partial charge is 0.507 e. The second-order valence-electron chi connectivity index (χ2n) is 5.87. The lowest BCUT2D eigenvalue weighted by Gasteiger charge is -2.17. The lowest BCUT2D eigenvalue weighted by Crippen LogP contribution is -2.32. The molecule has 0 radical (unpaired) electrons. The van der Waals surface area contributed by atoms with Gasteiger partial charge >= 0.3 is 5.97 Å². The molecule has 0 heterocycles. The Morgan fingerprint density at radius 1 is 0.880 bits per heavy atom. The molecule has 0 aliphatic heterocycles. The van der Waals surface area contributed by atoms with Crippen LogP contribution in [0.15, 0.2) is 72.8 Å². The minimum absolute atomic E-state index is 0.110. The monoisotopic (exact) mass is 333 g/mol. The molecule has 3 aromatic carbocycles. The average molecular weight is 333 g/mol. The Morgan fingerprint density at radius 3 is 2.20 bits per heavy atom. The molecular weight excluding hydrogens is 314 g/mol. The molecule has 0 aromatic heterocycles. The Hall–Kier alpha value is -3.11. The summed E-state index contributed by atoms with van der Waals surface area (Å²) in [6.07, 6.45) is 0.141. The number of hydrogen-bond donors (Lipinski definition) is 3. The van der Waals surface area contributed by atoms with Gasteiger partial charge in [-0.3, -0.25) is 4.79 Å². The highest BCUT2D eigenvalue weighted by molar-refractivity contribution is 5.88. The van der Waals surface area contributed by atoms with Crippen LogP contribution in [0.5, 0.6) is 5.75 Å². The van der Waals surface area contributed by atoms with E-state index in [1.165, 1.54) is 0 Å². The smallest absolute Gasteiger partial charge is 0.320 e. The van der Waals surface area contributed by atoms with E-state index in [4.69, 9.17) is 10.8 Å². The number of phenolic OH excluding ortho intramolecular Hbond substituents is 1. The number of aliphatic carboxylic acids is 1. The van der Waals surface area contributed by atoms with E-state index in [1.807, 2.05) is 54.6 Å². The summed E-state index contributed by atoms with van der Waals surface area (Å²) < 4.78 is 0. The highest BCUT2D eigenvalue weighted by Crippen LogP contribution is 2.39. The molecule has 4 nitrogen and oxygen atoms in total. The molecule has 0 amide bonds. The number of carboxylic acids is 1. The molecular formula is C21H19NO3. The normalized spacial score (nSPS) is 11.9. The van der Waals surface area contributed by atoms with Gasteiger partial charge in [-0.2, -0.15) is 0 Å². The first-order valence-electron chi connectivity index (χ1n) is 8.02. The Balaban J connectivity index is 2.16. The van der Waals surface area contributed by atoms with E-state index in [-0.39, 0.29) is 12.2 Å². The van der Waals surface area contributed by atoms with Gasteiger partial charge in [0.15, 0.2) is 0 Å². The van der Waals surface area contributed by atoms with E-state index in [1.54, 1.807) is 18.2 Å². The quantitative estimate of drug-likeness (QED) is 0.665. The summed E-state index contributed by atoms with van der Waals surface area (Å²) in [7, 11) is 0. The maximum atomic E-state index is 11.1. The molecule has 4 heteroatoms. The van der Waals surface area contributed by atoms with Crippen molar-refractivity contribution in [3.8, 4) is 28.0 Å². The van der Waals surface area contributed by atoms with Gasteiger partial charge in [-0.15, -0.1) is 0 Å². The van der Waals surface area contributed by atoms with Crippen LogP contribution in [0.25, 0.3) is 22.3 Å². The standard InChI is InChI=1S/C21H19NO3/c22-18(21(24)25)13-15-9-6-12-19(23)20(15)17-11-5-4-10-16(17)14-7-2-1-3-8-14/h1-12,18,23H,13,22H2,(H,24,25). The third kappa shape index (κ3) is 3.54. The molecule has 25 heavy (non-hydrogen) atoms. The van der Waals surface area contributed by atoms with Crippen LogP contribution in [0.3, 0.4) is 0 Å². The molecule has 3 rings (SSSR count). The van der Waals surface area contributed by atoms with Gasteiger partial charge in [0, 0.05) is 5.56 Å². The van der Waals surface area contributed by atoms with Gasteiger partial charge in [-0.25, -0.2) is 0 Å². The van der Waals surface area contributed by atoms with Gasteiger partial charge < -0.3 is 15.9 Å². The second-order valence-corrected chi connectivity index (χ2v) is 5.87. The summed E-state index contributed by atoms with van der Waals surface area (Å²) in [5.74, 6) is -0.955. The number of carboxylic acid groups (broad SMARTS) is 1. The first-order chi connectivity index (χ1) is 12.1. The Morgan fingerprint density at radius 2 is 1.52 bits per heavy atom. The van der Waals surface area contributed by atoms with Crippen molar-refractivity contribution in [1.82, 2.24) is 0 Å². The third-order valence-corrected chi connectivity index (χ3v) is 4.17. The van der Waals surface area contributed by atoms with E-state index in [0.29, 0.717) is 11.1 Å². The summed E-state index contributed by atoms with van der Waals surface area (Å²) in [6, 6.07) is 21.7. The summed E-state index contributed by atoms with van der Waals surface area (Å²) in [5.41, 5.74) is 9.88. The van der Waals surface area contributed by atoms with Crippen LogP contribution in [-0.2, 0) is 11.2 Å². The first-order valence-corrected chi connectivity index (χ1v) is 8.02. The number of carbonyl (C=O) groups is 1. The molecule has 0 saturated carbocycles. The Kier molecular flexibility index (Phi) is 4.82. The predicted molar refractivity (Wildman–Crippen MR) is 98.3 cm³/mol. The summed E-state index contributed by atoms with van der Waals surface area (Å²) in [6.45, 7) is 0. The summed E-state index contributed by atoms with van der Waals surface area (Å²) in [5, 5.41) is 19.6. The number of benzene rings is 3. The van der Waals surface area contributed by atoms with Gasteiger partial charge in [-0.1, -0.05) is 66.7 Å². The van der Waals surface area contributed by atoms with Crippen LogP contribution in [0.1, 0.15) is 5.56 Å². The molecule has 0 saturated heterocycles. The van der Waals surface area contributed by atoms with Gasteiger partial charge in [-0.05, 0) is 34.7 Å². The van der Waals surface area contributed by atoms with E-state index >= 15 is 0 Å².